The molecule has 0 fully saturated rings. The third kappa shape index (κ3) is 3.83. The first-order valence-corrected chi connectivity index (χ1v) is 8.63. The van der Waals surface area contributed by atoms with Crippen LogP contribution in [-0.2, 0) is 10.1 Å². The Kier molecular flexibility index (Phi) is 4.61. The van der Waals surface area contributed by atoms with Crippen molar-refractivity contribution in [1.29, 1.82) is 0 Å². The Bertz CT molecular complexity index is 671. The molecule has 1 aliphatic rings. The molecule has 20 heavy (non-hydrogen) atoms. The molecule has 1 aromatic rings. The lowest BCUT2D eigenvalue weighted by molar-refractivity contribution is 0.464. The first kappa shape index (κ1) is 16.0. The summed E-state index contributed by atoms with van der Waals surface area (Å²) in [5, 5.41) is 0.266. The second-order valence-electron chi connectivity index (χ2n) is 4.31. The number of halogens is 3. The van der Waals surface area contributed by atoms with Crippen molar-refractivity contribution in [1.82, 2.24) is 4.98 Å². The largest absolute Gasteiger partial charge is 0.748 e. The van der Waals surface area contributed by atoms with Gasteiger partial charge in [0.1, 0.15) is 3.78 Å². The average Bonchev–Trinajstić information content (AvgIpc) is 2.25. The Morgan fingerprint density at radius 1 is 1.45 bits per heavy atom. The van der Waals surface area contributed by atoms with Gasteiger partial charge in [-0.2, -0.15) is 0 Å². The van der Waals surface area contributed by atoms with Gasteiger partial charge in [0.15, 0.2) is 0 Å². The molecule has 4 nitrogen and oxygen atoms in total. The monoisotopic (exact) mass is 396 g/mol. The molecular formula is C12H9BrCl2NO3S-. The number of nitrogens with zero attached hydrogens (tertiary/aromatic N) is 1. The molecule has 0 radical (unpaired) electrons. The number of hydrogen-bond donors (Lipinski definition) is 0. The molecule has 0 aliphatic heterocycles. The van der Waals surface area contributed by atoms with E-state index in [1.165, 1.54) is 12.2 Å². The molecule has 2 unspecified atom stereocenters. The highest BCUT2D eigenvalue weighted by atomic mass is 79.9. The van der Waals surface area contributed by atoms with Gasteiger partial charge in [-0.1, -0.05) is 33.6 Å². The number of allylic oxidation sites excluding steroid dienone is 3. The summed E-state index contributed by atoms with van der Waals surface area (Å²) in [5.74, 6) is -1.27. The minimum Gasteiger partial charge on any atom is -0.748 e. The zero-order chi connectivity index (χ0) is 15.0. The van der Waals surface area contributed by atoms with Crippen LogP contribution >= 0.6 is 39.1 Å². The zero-order valence-electron chi connectivity index (χ0n) is 9.96. The van der Waals surface area contributed by atoms with Gasteiger partial charge in [-0.25, -0.2) is 8.42 Å². The fourth-order valence-electron chi connectivity index (χ4n) is 2.08. The highest BCUT2D eigenvalue weighted by Crippen LogP contribution is 2.48. The molecule has 2 rings (SSSR count). The predicted molar refractivity (Wildman–Crippen MR) is 81.1 cm³/mol. The first-order chi connectivity index (χ1) is 9.19. The van der Waals surface area contributed by atoms with Crippen molar-refractivity contribution in [3.8, 4) is 0 Å². The van der Waals surface area contributed by atoms with Crippen molar-refractivity contribution >= 4 is 49.2 Å². The Morgan fingerprint density at radius 3 is 2.70 bits per heavy atom. The molecule has 1 aromatic heterocycles. The van der Waals surface area contributed by atoms with Crippen LogP contribution in [0, 0.1) is 0 Å². The maximum Gasteiger partial charge on any atom is 0.131 e. The summed E-state index contributed by atoms with van der Waals surface area (Å²) in [4.78, 5) is 4.18. The smallest absolute Gasteiger partial charge is 0.131 e. The summed E-state index contributed by atoms with van der Waals surface area (Å²) in [6.07, 6.45) is 4.55. The molecule has 108 valence electrons. The number of rotatable bonds is 3. The Hall–Kier alpha value is -0.400. The second-order valence-corrected chi connectivity index (χ2v) is 8.55. The minimum atomic E-state index is -4.45. The molecule has 8 heteroatoms. The van der Waals surface area contributed by atoms with Gasteiger partial charge in [-0.15, -0.1) is 11.6 Å². The normalized spacial score (nSPS) is 26.9. The van der Waals surface area contributed by atoms with Crippen LogP contribution in [0.4, 0.5) is 0 Å². The van der Waals surface area contributed by atoms with E-state index in [1.54, 1.807) is 24.4 Å². The third-order valence-electron chi connectivity index (χ3n) is 2.74. The highest BCUT2D eigenvalue weighted by Gasteiger charge is 2.40. The van der Waals surface area contributed by atoms with E-state index in [-0.39, 0.29) is 5.03 Å². The topological polar surface area (TPSA) is 70.1 Å². The average molecular weight is 398 g/mol. The van der Waals surface area contributed by atoms with E-state index in [4.69, 9.17) is 23.2 Å². The molecule has 0 amide bonds. The fraction of sp³-hybridized carbons (Fsp3) is 0.250. The molecule has 0 N–H and O–H groups in total. The summed E-state index contributed by atoms with van der Waals surface area (Å²) < 4.78 is 32.0. The van der Waals surface area contributed by atoms with Crippen LogP contribution in [0.3, 0.4) is 0 Å². The Labute approximate surface area is 135 Å². The van der Waals surface area contributed by atoms with Crippen LogP contribution in [0.25, 0.3) is 0 Å². The van der Waals surface area contributed by atoms with Gasteiger partial charge in [0.05, 0.1) is 27.5 Å². The third-order valence-corrected chi connectivity index (χ3v) is 4.66. The van der Waals surface area contributed by atoms with E-state index in [1.807, 2.05) is 0 Å². The lowest BCUT2D eigenvalue weighted by atomic mass is 9.88. The van der Waals surface area contributed by atoms with Gasteiger partial charge in [-0.3, -0.25) is 4.98 Å². The number of hydrogen-bond acceptors (Lipinski definition) is 4. The molecule has 0 bridgehead atoms. The molecule has 0 saturated heterocycles. The van der Waals surface area contributed by atoms with Crippen molar-refractivity contribution in [2.75, 3.05) is 5.75 Å². The number of pyridine rings is 1. The standard InChI is InChI=1S/C12H10BrCl2NO3S/c13-12(15)6-9(14)5-8(7-20(17,18)19)11(12)10-3-1-2-4-16-10/h1-6,11H,7H2,(H,17,18,19)/p-1. The fourth-order valence-corrected chi connectivity index (χ4v) is 4.38. The van der Waals surface area contributed by atoms with E-state index in [9.17, 15) is 13.0 Å². The SMILES string of the molecule is O=S(=O)([O-])CC1=CC(Cl)=CC(Cl)(Br)C1c1ccccn1. The van der Waals surface area contributed by atoms with Crippen LogP contribution in [0.1, 0.15) is 11.6 Å². The first-order valence-electron chi connectivity index (χ1n) is 5.50. The van der Waals surface area contributed by atoms with Gasteiger partial charge in [0.2, 0.25) is 0 Å². The van der Waals surface area contributed by atoms with Crippen LogP contribution in [-0.4, -0.2) is 27.5 Å². The molecular weight excluding hydrogens is 389 g/mol. The minimum absolute atomic E-state index is 0.266. The Balaban J connectivity index is 2.52. The van der Waals surface area contributed by atoms with Crippen LogP contribution in [0.2, 0.25) is 0 Å². The lowest BCUT2D eigenvalue weighted by Crippen LogP contribution is -2.29. The number of alkyl halides is 2. The highest BCUT2D eigenvalue weighted by molar-refractivity contribution is 9.10. The van der Waals surface area contributed by atoms with Crippen molar-refractivity contribution in [3.63, 3.8) is 0 Å². The molecule has 0 spiro atoms. The molecule has 0 aromatic carbocycles. The van der Waals surface area contributed by atoms with Gasteiger partial charge in [0.25, 0.3) is 0 Å². The van der Waals surface area contributed by atoms with Gasteiger partial charge < -0.3 is 4.55 Å². The summed E-state index contributed by atoms with van der Waals surface area (Å²) in [6.45, 7) is 0. The second kappa shape index (κ2) is 5.77. The molecule has 1 aliphatic carbocycles. The van der Waals surface area contributed by atoms with Crippen molar-refractivity contribution in [2.24, 2.45) is 0 Å². The van der Waals surface area contributed by atoms with Crippen molar-refractivity contribution < 1.29 is 13.0 Å². The van der Waals surface area contributed by atoms with Crippen molar-refractivity contribution in [3.05, 3.63) is 52.8 Å². The maximum absolute atomic E-state index is 11.1. The molecule has 1 heterocycles. The maximum atomic E-state index is 11.1. The lowest BCUT2D eigenvalue weighted by Gasteiger charge is -2.33. The van der Waals surface area contributed by atoms with E-state index in [2.05, 4.69) is 20.9 Å². The summed E-state index contributed by atoms with van der Waals surface area (Å²) in [5.41, 5.74) is 0.854. The quantitative estimate of drug-likeness (QED) is 0.580. The molecule has 2 atom stereocenters. The van der Waals surface area contributed by atoms with Crippen LogP contribution in [0.15, 0.2) is 47.2 Å². The zero-order valence-corrected chi connectivity index (χ0v) is 13.9. The van der Waals surface area contributed by atoms with Gasteiger partial charge >= 0.3 is 0 Å². The summed E-state index contributed by atoms with van der Waals surface area (Å²) >= 11 is 15.6. The summed E-state index contributed by atoms with van der Waals surface area (Å²) in [6, 6.07) is 5.19. The van der Waals surface area contributed by atoms with E-state index in [0.29, 0.717) is 11.3 Å². The van der Waals surface area contributed by atoms with Gasteiger partial charge in [0, 0.05) is 11.2 Å². The van der Waals surface area contributed by atoms with E-state index >= 15 is 0 Å². The van der Waals surface area contributed by atoms with E-state index in [0.717, 1.165) is 0 Å². The van der Waals surface area contributed by atoms with Crippen molar-refractivity contribution in [2.45, 2.75) is 9.70 Å². The van der Waals surface area contributed by atoms with Crippen LogP contribution < -0.4 is 0 Å². The molecule has 0 saturated carbocycles. The predicted octanol–water partition coefficient (Wildman–Crippen LogP) is 3.10. The van der Waals surface area contributed by atoms with Gasteiger partial charge in [-0.05, 0) is 29.9 Å². The Morgan fingerprint density at radius 2 is 2.15 bits per heavy atom. The van der Waals surface area contributed by atoms with E-state index < -0.39 is 25.6 Å². The summed E-state index contributed by atoms with van der Waals surface area (Å²) in [7, 11) is -4.45. The number of aromatic nitrogens is 1. The van der Waals surface area contributed by atoms with Crippen LogP contribution in [0.5, 0.6) is 0 Å².